The Kier molecular flexibility index (Phi) is 7.11. The first kappa shape index (κ1) is 14.7. The van der Waals surface area contributed by atoms with Crippen molar-refractivity contribution in [2.75, 3.05) is 13.1 Å². The summed E-state index contributed by atoms with van der Waals surface area (Å²) in [6, 6.07) is 8.41. The maximum atomic E-state index is 11.4. The summed E-state index contributed by atoms with van der Waals surface area (Å²) in [5, 5.41) is 6.20. The van der Waals surface area contributed by atoms with E-state index in [1.807, 2.05) is 0 Å². The number of hydrogen-bond acceptors (Lipinski definition) is 2. The lowest BCUT2D eigenvalue weighted by atomic mass is 10.1. The molecule has 0 spiro atoms. The average molecular weight is 248 g/mol. The van der Waals surface area contributed by atoms with Gasteiger partial charge in [0.15, 0.2) is 0 Å². The zero-order chi connectivity index (χ0) is 13.2. The van der Waals surface area contributed by atoms with E-state index >= 15 is 0 Å². The molecular formula is C15H24N2O. The topological polar surface area (TPSA) is 41.1 Å². The molecule has 0 aliphatic heterocycles. The summed E-state index contributed by atoms with van der Waals surface area (Å²) in [6.45, 7) is 6.56. The largest absolute Gasteiger partial charge is 0.356 e. The smallest absolute Gasteiger partial charge is 0.221 e. The van der Waals surface area contributed by atoms with Crippen LogP contribution in [0.4, 0.5) is 0 Å². The Balaban J connectivity index is 2.09. The lowest BCUT2D eigenvalue weighted by Crippen LogP contribution is -2.28. The standard InChI is InChI=1S/C15H24N2O/c1-3-4-9-17-15(18)8-10-16-12-14-7-5-6-13(2)11-14/h5-7,11,16H,3-4,8-10,12H2,1-2H3,(H,17,18). The molecule has 0 atom stereocenters. The number of carbonyl (C=O) groups excluding carboxylic acids is 1. The number of carbonyl (C=O) groups is 1. The van der Waals surface area contributed by atoms with Crippen molar-refractivity contribution in [3.63, 3.8) is 0 Å². The molecule has 0 saturated carbocycles. The van der Waals surface area contributed by atoms with Crippen LogP contribution >= 0.6 is 0 Å². The summed E-state index contributed by atoms with van der Waals surface area (Å²) < 4.78 is 0. The number of aryl methyl sites for hydroxylation is 1. The van der Waals surface area contributed by atoms with Crippen molar-refractivity contribution < 1.29 is 4.79 Å². The second-order valence-electron chi connectivity index (χ2n) is 4.62. The number of unbranched alkanes of at least 4 members (excludes halogenated alkanes) is 1. The van der Waals surface area contributed by atoms with Crippen LogP contribution in [-0.4, -0.2) is 19.0 Å². The van der Waals surface area contributed by atoms with Gasteiger partial charge in [0.25, 0.3) is 0 Å². The molecule has 0 heterocycles. The summed E-state index contributed by atoms with van der Waals surface area (Å²) in [5.74, 6) is 0.139. The van der Waals surface area contributed by atoms with E-state index in [0.29, 0.717) is 6.42 Å². The lowest BCUT2D eigenvalue weighted by molar-refractivity contribution is -0.121. The first-order valence-electron chi connectivity index (χ1n) is 6.75. The lowest BCUT2D eigenvalue weighted by Gasteiger charge is -2.06. The molecule has 1 aromatic rings. The predicted molar refractivity (Wildman–Crippen MR) is 75.4 cm³/mol. The minimum Gasteiger partial charge on any atom is -0.356 e. The predicted octanol–water partition coefficient (Wildman–Crippen LogP) is 2.39. The highest BCUT2D eigenvalue weighted by atomic mass is 16.1. The van der Waals surface area contributed by atoms with Gasteiger partial charge >= 0.3 is 0 Å². The Hall–Kier alpha value is -1.35. The van der Waals surface area contributed by atoms with Gasteiger partial charge in [-0.15, -0.1) is 0 Å². The molecular weight excluding hydrogens is 224 g/mol. The minimum absolute atomic E-state index is 0.139. The maximum absolute atomic E-state index is 11.4. The van der Waals surface area contributed by atoms with Gasteiger partial charge in [-0.2, -0.15) is 0 Å². The van der Waals surface area contributed by atoms with Gasteiger partial charge in [-0.1, -0.05) is 43.2 Å². The quantitative estimate of drug-likeness (QED) is 0.694. The fourth-order valence-electron chi connectivity index (χ4n) is 1.75. The van der Waals surface area contributed by atoms with E-state index < -0.39 is 0 Å². The van der Waals surface area contributed by atoms with Gasteiger partial charge in [0.2, 0.25) is 5.91 Å². The van der Waals surface area contributed by atoms with Gasteiger partial charge < -0.3 is 10.6 Å². The molecule has 0 aliphatic carbocycles. The SMILES string of the molecule is CCCCNC(=O)CCNCc1cccc(C)c1. The van der Waals surface area contributed by atoms with Crippen molar-refractivity contribution in [1.29, 1.82) is 0 Å². The molecule has 0 aromatic heterocycles. The number of rotatable bonds is 8. The molecule has 1 aromatic carbocycles. The molecule has 1 rings (SSSR count). The monoisotopic (exact) mass is 248 g/mol. The molecule has 0 saturated heterocycles. The van der Waals surface area contributed by atoms with Crippen LogP contribution in [-0.2, 0) is 11.3 Å². The van der Waals surface area contributed by atoms with Gasteiger partial charge in [0, 0.05) is 26.1 Å². The Morgan fingerprint density at radius 2 is 2.11 bits per heavy atom. The molecule has 100 valence electrons. The van der Waals surface area contributed by atoms with Crippen molar-refractivity contribution in [3.05, 3.63) is 35.4 Å². The van der Waals surface area contributed by atoms with E-state index in [1.165, 1.54) is 11.1 Å². The molecule has 3 nitrogen and oxygen atoms in total. The van der Waals surface area contributed by atoms with E-state index in [9.17, 15) is 4.79 Å². The molecule has 0 unspecified atom stereocenters. The summed E-state index contributed by atoms with van der Waals surface area (Å²) in [6.07, 6.45) is 2.73. The summed E-state index contributed by atoms with van der Waals surface area (Å²) in [7, 11) is 0. The first-order valence-corrected chi connectivity index (χ1v) is 6.75. The highest BCUT2D eigenvalue weighted by molar-refractivity contribution is 5.75. The third-order valence-corrected chi connectivity index (χ3v) is 2.79. The molecule has 3 heteroatoms. The van der Waals surface area contributed by atoms with E-state index in [1.54, 1.807) is 0 Å². The molecule has 0 aliphatic rings. The van der Waals surface area contributed by atoms with Gasteiger partial charge in [-0.25, -0.2) is 0 Å². The Morgan fingerprint density at radius 3 is 2.83 bits per heavy atom. The van der Waals surface area contributed by atoms with Crippen molar-refractivity contribution in [2.45, 2.75) is 39.7 Å². The third-order valence-electron chi connectivity index (χ3n) is 2.79. The molecule has 0 radical (unpaired) electrons. The maximum Gasteiger partial charge on any atom is 0.221 e. The van der Waals surface area contributed by atoms with Crippen LogP contribution in [0.2, 0.25) is 0 Å². The normalized spacial score (nSPS) is 10.3. The Labute approximate surface area is 110 Å². The van der Waals surface area contributed by atoms with Crippen LogP contribution in [0, 0.1) is 6.92 Å². The number of hydrogen-bond donors (Lipinski definition) is 2. The fourth-order valence-corrected chi connectivity index (χ4v) is 1.75. The van der Waals surface area contributed by atoms with E-state index in [-0.39, 0.29) is 5.91 Å². The molecule has 1 amide bonds. The highest BCUT2D eigenvalue weighted by Crippen LogP contribution is 2.02. The van der Waals surface area contributed by atoms with Crippen LogP contribution in [0.25, 0.3) is 0 Å². The van der Waals surface area contributed by atoms with Crippen molar-refractivity contribution >= 4 is 5.91 Å². The zero-order valence-corrected chi connectivity index (χ0v) is 11.5. The van der Waals surface area contributed by atoms with Gasteiger partial charge in [0.1, 0.15) is 0 Å². The van der Waals surface area contributed by atoms with Gasteiger partial charge in [-0.05, 0) is 18.9 Å². The molecule has 0 bridgehead atoms. The number of benzene rings is 1. The number of nitrogens with one attached hydrogen (secondary N) is 2. The van der Waals surface area contributed by atoms with Crippen LogP contribution in [0.5, 0.6) is 0 Å². The van der Waals surface area contributed by atoms with Crippen LogP contribution in [0.15, 0.2) is 24.3 Å². The summed E-state index contributed by atoms with van der Waals surface area (Å²) in [4.78, 5) is 11.4. The first-order chi connectivity index (χ1) is 8.72. The second-order valence-corrected chi connectivity index (χ2v) is 4.62. The van der Waals surface area contributed by atoms with Crippen LogP contribution in [0.3, 0.4) is 0 Å². The summed E-state index contributed by atoms with van der Waals surface area (Å²) in [5.41, 5.74) is 2.54. The Bertz CT molecular complexity index is 363. The van der Waals surface area contributed by atoms with Gasteiger partial charge in [0.05, 0.1) is 0 Å². The van der Waals surface area contributed by atoms with Gasteiger partial charge in [-0.3, -0.25) is 4.79 Å². The van der Waals surface area contributed by atoms with Crippen molar-refractivity contribution in [1.82, 2.24) is 10.6 Å². The molecule has 18 heavy (non-hydrogen) atoms. The molecule has 0 fully saturated rings. The summed E-state index contributed by atoms with van der Waals surface area (Å²) >= 11 is 0. The highest BCUT2D eigenvalue weighted by Gasteiger charge is 1.99. The van der Waals surface area contributed by atoms with E-state index in [2.05, 4.69) is 48.7 Å². The Morgan fingerprint density at radius 1 is 1.28 bits per heavy atom. The minimum atomic E-state index is 0.139. The van der Waals surface area contributed by atoms with Crippen LogP contribution < -0.4 is 10.6 Å². The van der Waals surface area contributed by atoms with Crippen molar-refractivity contribution in [2.24, 2.45) is 0 Å². The molecule has 2 N–H and O–H groups in total. The van der Waals surface area contributed by atoms with Crippen molar-refractivity contribution in [3.8, 4) is 0 Å². The second kappa shape index (κ2) is 8.70. The van der Waals surface area contributed by atoms with E-state index in [0.717, 1.165) is 32.5 Å². The fraction of sp³-hybridized carbons (Fsp3) is 0.533. The zero-order valence-electron chi connectivity index (χ0n) is 11.5. The number of amides is 1. The van der Waals surface area contributed by atoms with E-state index in [4.69, 9.17) is 0 Å². The third kappa shape index (κ3) is 6.40. The average Bonchev–Trinajstić information content (AvgIpc) is 2.35. The van der Waals surface area contributed by atoms with Crippen LogP contribution in [0.1, 0.15) is 37.3 Å².